The van der Waals surface area contributed by atoms with Crippen LogP contribution in [0.1, 0.15) is 11.1 Å². The Hall–Kier alpha value is -7.62. The van der Waals surface area contributed by atoms with Gasteiger partial charge in [-0.2, -0.15) is 0 Å². The minimum atomic E-state index is -1.26. The molecular weight excluding hydrogens is 656 g/mol. The zero-order valence-electron chi connectivity index (χ0n) is 25.6. The smallest absolute Gasteiger partial charge is 0.328 e. The van der Waals surface area contributed by atoms with Gasteiger partial charge in [-0.05, 0) is 22.9 Å². The van der Waals surface area contributed by atoms with Crippen molar-refractivity contribution >= 4 is 80.4 Å². The first-order chi connectivity index (χ1) is 23.6. The van der Waals surface area contributed by atoms with Crippen LogP contribution in [-0.4, -0.2) is 78.1 Å². The highest BCUT2D eigenvalue weighted by molar-refractivity contribution is 6.19. The third-order valence-electron chi connectivity index (χ3n) is 5.90. The van der Waals surface area contributed by atoms with Crippen molar-refractivity contribution in [3.05, 3.63) is 120 Å². The molecule has 10 N–H and O–H groups in total. The lowest BCUT2D eigenvalue weighted by molar-refractivity contribution is -0.134. The predicted molar refractivity (Wildman–Crippen MR) is 182 cm³/mol. The van der Waals surface area contributed by atoms with E-state index in [2.05, 4.69) is 34.3 Å². The number of hydrogen-bond acceptors (Lipinski definition) is 10. The van der Waals surface area contributed by atoms with Crippen LogP contribution in [0.3, 0.4) is 0 Å². The second kappa shape index (κ2) is 18.5. The van der Waals surface area contributed by atoms with Crippen molar-refractivity contribution in [1.29, 1.82) is 0 Å². The van der Waals surface area contributed by atoms with E-state index in [0.717, 1.165) is 22.5 Å². The van der Waals surface area contributed by atoms with Crippen LogP contribution in [0.15, 0.2) is 119 Å². The van der Waals surface area contributed by atoms with Crippen molar-refractivity contribution in [3.8, 4) is 0 Å². The number of carboxylic acid groups (broad SMARTS) is 6. The Balaban J connectivity index is 0.000000223. The summed E-state index contributed by atoms with van der Waals surface area (Å²) in [4.78, 5) is 65.9. The Morgan fingerprint density at radius 1 is 0.420 bits per heavy atom. The van der Waals surface area contributed by atoms with Crippen LogP contribution in [-0.2, 0) is 28.8 Å². The van der Waals surface area contributed by atoms with E-state index in [1.54, 1.807) is 0 Å². The topological polar surface area (TPSA) is 301 Å². The lowest BCUT2D eigenvalue weighted by atomic mass is 10.0. The summed E-state index contributed by atoms with van der Waals surface area (Å²) in [5.41, 5.74) is 15.7. The van der Waals surface area contributed by atoms with Crippen molar-refractivity contribution in [2.45, 2.75) is 0 Å². The maximum atomic E-state index is 9.55. The zero-order valence-corrected chi connectivity index (χ0v) is 25.6. The number of rotatable bonds is 6. The van der Waals surface area contributed by atoms with E-state index >= 15 is 0 Å². The molecule has 0 aromatic heterocycles. The third-order valence-corrected chi connectivity index (χ3v) is 5.90. The lowest BCUT2D eigenvalue weighted by Crippen LogP contribution is -2.09. The monoisotopic (exact) mass is 684 g/mol. The molecule has 6 rings (SSSR count). The molecule has 0 saturated carbocycles. The molecule has 4 aromatic rings. The fraction of sp³-hybridized carbons (Fsp3) is 0. The molecule has 2 heterocycles. The van der Waals surface area contributed by atoms with Gasteiger partial charge in [0.25, 0.3) is 0 Å². The van der Waals surface area contributed by atoms with Gasteiger partial charge in [-0.1, -0.05) is 60.7 Å². The van der Waals surface area contributed by atoms with E-state index in [1.165, 1.54) is 21.5 Å². The number of aliphatic carboxylic acids is 6. The van der Waals surface area contributed by atoms with Gasteiger partial charge in [0, 0.05) is 58.4 Å². The van der Waals surface area contributed by atoms with Gasteiger partial charge in [0.2, 0.25) is 0 Å². The number of carbonyl (C=O) groups is 6. The van der Waals surface area contributed by atoms with Crippen molar-refractivity contribution in [2.75, 3.05) is 0 Å². The zero-order chi connectivity index (χ0) is 37.4. The summed E-state index contributed by atoms with van der Waals surface area (Å²) >= 11 is 0. The molecule has 16 heteroatoms. The fourth-order valence-electron chi connectivity index (χ4n) is 4.06. The Bertz CT molecular complexity index is 1880. The summed E-state index contributed by atoms with van der Waals surface area (Å²) < 4.78 is 0. The molecule has 2 aliphatic heterocycles. The molecule has 0 bridgehead atoms. The number of nitrogens with two attached hydrogens (primary N) is 2. The number of nitrogens with zero attached hydrogens (tertiary/aromatic N) is 2. The van der Waals surface area contributed by atoms with Gasteiger partial charge in [0.1, 0.15) is 11.7 Å². The fourth-order valence-corrected chi connectivity index (χ4v) is 4.06. The van der Waals surface area contributed by atoms with Crippen LogP contribution in [0, 0.1) is 0 Å². The third kappa shape index (κ3) is 12.3. The number of hydrogen-bond donors (Lipinski definition) is 8. The normalized spacial score (nSPS) is 11.5. The molecule has 0 radical (unpaired) electrons. The Morgan fingerprint density at radius 3 is 0.900 bits per heavy atom. The summed E-state index contributed by atoms with van der Waals surface area (Å²) in [6.45, 7) is 0. The second-order valence-corrected chi connectivity index (χ2v) is 9.39. The molecule has 0 amide bonds. The second-order valence-electron chi connectivity index (χ2n) is 9.39. The van der Waals surface area contributed by atoms with Crippen LogP contribution in [0.25, 0.3) is 21.5 Å². The molecule has 50 heavy (non-hydrogen) atoms. The standard InChI is InChI=1S/2C11H8N2.3C4H4O4/c2*12-11-8-5-1-3-7-4-2-6-9(13-11)10(7)8;3*5-3(6)1-2-4(7)8/h2*1-6H,(H2,12,13);3*1-2H,(H,5,6)(H,7,8)/b;;3*2-1+. The minimum Gasteiger partial charge on any atom is -0.478 e. The van der Waals surface area contributed by atoms with Crippen molar-refractivity contribution < 1.29 is 59.4 Å². The molecule has 0 fully saturated rings. The Labute approximate surface area is 281 Å². The van der Waals surface area contributed by atoms with Crippen molar-refractivity contribution in [3.63, 3.8) is 0 Å². The molecule has 0 atom stereocenters. The summed E-state index contributed by atoms with van der Waals surface area (Å²) in [6, 6.07) is 24.4. The van der Waals surface area contributed by atoms with E-state index in [1.807, 2.05) is 48.5 Å². The lowest BCUT2D eigenvalue weighted by Gasteiger charge is -1.98. The largest absolute Gasteiger partial charge is 0.478 e. The minimum absolute atomic E-state index is 0.558. The van der Waals surface area contributed by atoms with Gasteiger partial charge in [0.05, 0.1) is 11.4 Å². The average molecular weight is 685 g/mol. The van der Waals surface area contributed by atoms with E-state index in [0.29, 0.717) is 48.1 Å². The maximum Gasteiger partial charge on any atom is 0.328 e. The first-order valence-electron chi connectivity index (χ1n) is 13.7. The van der Waals surface area contributed by atoms with Gasteiger partial charge in [-0.15, -0.1) is 0 Å². The maximum absolute atomic E-state index is 9.55. The molecular formula is C34H28N4O12. The van der Waals surface area contributed by atoms with Crippen LogP contribution in [0.5, 0.6) is 0 Å². The molecule has 0 saturated heterocycles. The quantitative estimate of drug-likeness (QED) is 0.135. The van der Waals surface area contributed by atoms with Crippen molar-refractivity contribution in [2.24, 2.45) is 21.5 Å². The van der Waals surface area contributed by atoms with Gasteiger partial charge in [0.15, 0.2) is 0 Å². The molecule has 256 valence electrons. The van der Waals surface area contributed by atoms with Crippen LogP contribution < -0.4 is 11.5 Å². The molecule has 0 unspecified atom stereocenters. The molecule has 0 spiro atoms. The number of carboxylic acids is 6. The number of benzene rings is 4. The number of amidine groups is 2. The van der Waals surface area contributed by atoms with Crippen LogP contribution >= 0.6 is 0 Å². The summed E-state index contributed by atoms with van der Waals surface area (Å²) in [6.07, 6.45) is 3.35. The molecule has 0 aliphatic carbocycles. The molecule has 2 aliphatic rings. The summed E-state index contributed by atoms with van der Waals surface area (Å²) in [7, 11) is 0. The van der Waals surface area contributed by atoms with Crippen LogP contribution in [0.2, 0.25) is 0 Å². The molecule has 16 nitrogen and oxygen atoms in total. The Kier molecular flexibility index (Phi) is 14.3. The van der Waals surface area contributed by atoms with Crippen molar-refractivity contribution in [1.82, 2.24) is 0 Å². The van der Waals surface area contributed by atoms with E-state index in [-0.39, 0.29) is 0 Å². The van der Waals surface area contributed by atoms with E-state index in [9.17, 15) is 28.8 Å². The Morgan fingerprint density at radius 2 is 0.660 bits per heavy atom. The van der Waals surface area contributed by atoms with E-state index < -0.39 is 35.8 Å². The first-order valence-corrected chi connectivity index (χ1v) is 13.7. The highest BCUT2D eigenvalue weighted by Gasteiger charge is 2.15. The predicted octanol–water partition coefficient (Wildman–Crippen LogP) is 3.52. The van der Waals surface area contributed by atoms with Gasteiger partial charge < -0.3 is 42.1 Å². The van der Waals surface area contributed by atoms with E-state index in [4.69, 9.17) is 42.1 Å². The highest BCUT2D eigenvalue weighted by atomic mass is 16.4. The first kappa shape index (κ1) is 38.6. The summed E-state index contributed by atoms with van der Waals surface area (Å²) in [5, 5.41) is 51.7. The number of aliphatic imine (C=N–C) groups is 2. The van der Waals surface area contributed by atoms with Gasteiger partial charge >= 0.3 is 35.8 Å². The highest BCUT2D eigenvalue weighted by Crippen LogP contribution is 2.34. The SMILES string of the molecule is NC1=Nc2cccc3cccc1c23.NC1=Nc2cccc3cccc1c23.O=C(O)/C=C/C(=O)O.O=C(O)/C=C/C(=O)O.O=C(O)/C=C/C(=O)O. The van der Waals surface area contributed by atoms with Crippen LogP contribution in [0.4, 0.5) is 11.4 Å². The van der Waals surface area contributed by atoms with Gasteiger partial charge in [-0.3, -0.25) is 0 Å². The molecule has 4 aromatic carbocycles. The van der Waals surface area contributed by atoms with Gasteiger partial charge in [-0.25, -0.2) is 38.8 Å². The average Bonchev–Trinajstić information content (AvgIpc) is 3.57. The summed E-state index contributed by atoms with van der Waals surface area (Å²) in [5.74, 6) is -6.28.